The minimum atomic E-state index is -0.444. The Labute approximate surface area is 140 Å². The highest BCUT2D eigenvalue weighted by Crippen LogP contribution is 2.12. The molecule has 0 saturated carbocycles. The smallest absolute Gasteiger partial charge is 0.312 e. The number of morpholine rings is 1. The van der Waals surface area contributed by atoms with E-state index in [0.717, 1.165) is 0 Å². The number of hydrogen-bond donors (Lipinski definition) is 0. The summed E-state index contributed by atoms with van der Waals surface area (Å²) in [5, 5.41) is 0. The second kappa shape index (κ2) is 7.72. The number of nitrogens with zero attached hydrogens (tertiary/aromatic N) is 3. The molecule has 0 aliphatic carbocycles. The van der Waals surface area contributed by atoms with Crippen molar-refractivity contribution in [1.82, 2.24) is 14.7 Å². The molecule has 0 unspecified atom stereocenters. The molecule has 3 rings (SSSR count). The molecule has 2 saturated heterocycles. The van der Waals surface area contributed by atoms with Gasteiger partial charge in [-0.05, 0) is 6.07 Å². The van der Waals surface area contributed by atoms with E-state index in [-0.39, 0.29) is 5.82 Å². The first kappa shape index (κ1) is 16.9. The summed E-state index contributed by atoms with van der Waals surface area (Å²) < 4.78 is 18.9. The number of benzene rings is 1. The molecule has 6 nitrogen and oxygen atoms in total. The molecule has 0 radical (unpaired) electrons. The molecule has 2 aliphatic heterocycles. The van der Waals surface area contributed by atoms with Crippen LogP contribution in [0.1, 0.15) is 5.56 Å². The first-order valence-corrected chi connectivity index (χ1v) is 8.27. The lowest BCUT2D eigenvalue weighted by Crippen LogP contribution is -2.54. The van der Waals surface area contributed by atoms with E-state index in [1.165, 1.54) is 6.07 Å². The van der Waals surface area contributed by atoms with Crippen LogP contribution in [0, 0.1) is 5.82 Å². The van der Waals surface area contributed by atoms with Gasteiger partial charge in [0, 0.05) is 51.4 Å². The quantitative estimate of drug-likeness (QED) is 0.731. The Balaban J connectivity index is 1.50. The molecular weight excluding hydrogens is 313 g/mol. The van der Waals surface area contributed by atoms with Gasteiger partial charge in [0.25, 0.3) is 0 Å². The largest absolute Gasteiger partial charge is 0.378 e. The zero-order chi connectivity index (χ0) is 16.9. The molecule has 2 heterocycles. The summed E-state index contributed by atoms with van der Waals surface area (Å²) in [5.41, 5.74) is 0.654. The first-order valence-electron chi connectivity index (χ1n) is 8.27. The third kappa shape index (κ3) is 3.91. The van der Waals surface area contributed by atoms with Crippen molar-refractivity contribution >= 4 is 11.8 Å². The molecule has 2 amide bonds. The topological polar surface area (TPSA) is 53.1 Å². The Hall–Kier alpha value is -1.99. The van der Waals surface area contributed by atoms with Crippen LogP contribution in [0.2, 0.25) is 0 Å². The standard InChI is InChI=1S/C17H22FN3O3/c18-15-4-2-1-3-14(15)13-19-5-7-20(8-6-19)16(22)17(23)21-9-11-24-12-10-21/h1-4H,5-13H2. The molecule has 7 heteroatoms. The average Bonchev–Trinajstić information content (AvgIpc) is 2.64. The van der Waals surface area contributed by atoms with Gasteiger partial charge in [-0.25, -0.2) is 4.39 Å². The van der Waals surface area contributed by atoms with Gasteiger partial charge in [0.15, 0.2) is 0 Å². The molecule has 1 aromatic carbocycles. The summed E-state index contributed by atoms with van der Waals surface area (Å²) in [4.78, 5) is 29.8. The number of carbonyl (C=O) groups excluding carboxylic acids is 2. The number of hydrogen-bond acceptors (Lipinski definition) is 4. The van der Waals surface area contributed by atoms with Gasteiger partial charge in [-0.15, -0.1) is 0 Å². The Kier molecular flexibility index (Phi) is 5.42. The lowest BCUT2D eigenvalue weighted by atomic mass is 10.2. The van der Waals surface area contributed by atoms with Gasteiger partial charge in [0.1, 0.15) is 5.82 Å². The maximum absolute atomic E-state index is 13.7. The van der Waals surface area contributed by atoms with Gasteiger partial charge >= 0.3 is 11.8 Å². The predicted molar refractivity (Wildman–Crippen MR) is 85.7 cm³/mol. The fourth-order valence-electron chi connectivity index (χ4n) is 3.01. The lowest BCUT2D eigenvalue weighted by molar-refractivity contribution is -0.155. The summed E-state index contributed by atoms with van der Waals surface area (Å²) in [6, 6.07) is 6.72. The number of piperazine rings is 1. The highest BCUT2D eigenvalue weighted by atomic mass is 19.1. The number of amides is 2. The van der Waals surface area contributed by atoms with Gasteiger partial charge in [0.2, 0.25) is 0 Å². The lowest BCUT2D eigenvalue weighted by Gasteiger charge is -2.35. The number of halogens is 1. The summed E-state index contributed by atoms with van der Waals surface area (Å²) in [6.45, 7) is 4.67. The zero-order valence-electron chi connectivity index (χ0n) is 13.6. The van der Waals surface area contributed by atoms with Gasteiger partial charge in [0.05, 0.1) is 13.2 Å². The molecule has 1 aromatic rings. The third-order valence-corrected chi connectivity index (χ3v) is 4.49. The van der Waals surface area contributed by atoms with Crippen molar-refractivity contribution in [2.75, 3.05) is 52.5 Å². The number of rotatable bonds is 2. The second-order valence-electron chi connectivity index (χ2n) is 6.06. The van der Waals surface area contributed by atoms with Gasteiger partial charge < -0.3 is 14.5 Å². The Morgan fingerprint density at radius 3 is 2.12 bits per heavy atom. The van der Waals surface area contributed by atoms with Gasteiger partial charge in [-0.2, -0.15) is 0 Å². The molecule has 24 heavy (non-hydrogen) atoms. The Bertz CT molecular complexity index is 596. The summed E-state index contributed by atoms with van der Waals surface area (Å²) >= 11 is 0. The van der Waals surface area contributed by atoms with Crippen LogP contribution in [0.3, 0.4) is 0 Å². The minimum absolute atomic E-state index is 0.210. The zero-order valence-corrected chi connectivity index (χ0v) is 13.6. The fraction of sp³-hybridized carbons (Fsp3) is 0.529. The molecular formula is C17H22FN3O3. The second-order valence-corrected chi connectivity index (χ2v) is 6.06. The molecule has 0 N–H and O–H groups in total. The normalized spacial score (nSPS) is 19.4. The third-order valence-electron chi connectivity index (χ3n) is 4.49. The molecule has 2 fully saturated rings. The van der Waals surface area contributed by atoms with E-state index < -0.39 is 11.8 Å². The van der Waals surface area contributed by atoms with Crippen LogP contribution >= 0.6 is 0 Å². The van der Waals surface area contributed by atoms with Crippen LogP contribution in [-0.4, -0.2) is 79.0 Å². The Morgan fingerprint density at radius 1 is 0.917 bits per heavy atom. The van der Waals surface area contributed by atoms with Crippen LogP contribution in [0.25, 0.3) is 0 Å². The molecule has 0 atom stereocenters. The summed E-state index contributed by atoms with van der Waals surface area (Å²) in [6.07, 6.45) is 0. The van der Waals surface area contributed by atoms with Crippen molar-refractivity contribution in [3.8, 4) is 0 Å². The van der Waals surface area contributed by atoms with Crippen LogP contribution in [0.15, 0.2) is 24.3 Å². The Morgan fingerprint density at radius 2 is 1.50 bits per heavy atom. The number of carbonyl (C=O) groups is 2. The van der Waals surface area contributed by atoms with Crippen molar-refractivity contribution < 1.29 is 18.7 Å². The maximum Gasteiger partial charge on any atom is 0.312 e. The molecule has 0 spiro atoms. The monoisotopic (exact) mass is 335 g/mol. The van der Waals surface area contributed by atoms with E-state index in [4.69, 9.17) is 4.74 Å². The van der Waals surface area contributed by atoms with Crippen LogP contribution in [-0.2, 0) is 20.9 Å². The van der Waals surface area contributed by atoms with E-state index in [0.29, 0.717) is 64.6 Å². The van der Waals surface area contributed by atoms with E-state index in [2.05, 4.69) is 4.90 Å². The average molecular weight is 335 g/mol. The maximum atomic E-state index is 13.7. The van der Waals surface area contributed by atoms with Crippen molar-refractivity contribution in [3.05, 3.63) is 35.6 Å². The van der Waals surface area contributed by atoms with Crippen LogP contribution in [0.4, 0.5) is 4.39 Å². The van der Waals surface area contributed by atoms with E-state index >= 15 is 0 Å². The van der Waals surface area contributed by atoms with E-state index in [9.17, 15) is 14.0 Å². The molecule has 130 valence electrons. The summed E-state index contributed by atoms with van der Waals surface area (Å²) in [5.74, 6) is -1.10. The minimum Gasteiger partial charge on any atom is -0.378 e. The van der Waals surface area contributed by atoms with E-state index in [1.807, 2.05) is 6.07 Å². The molecule has 0 bridgehead atoms. The van der Waals surface area contributed by atoms with Crippen molar-refractivity contribution in [1.29, 1.82) is 0 Å². The predicted octanol–water partition coefficient (Wildman–Crippen LogP) is 0.329. The van der Waals surface area contributed by atoms with Crippen LogP contribution < -0.4 is 0 Å². The number of ether oxygens (including phenoxy) is 1. The van der Waals surface area contributed by atoms with Crippen molar-refractivity contribution in [2.45, 2.75) is 6.54 Å². The fourth-order valence-corrected chi connectivity index (χ4v) is 3.01. The van der Waals surface area contributed by atoms with Gasteiger partial charge in [-0.1, -0.05) is 18.2 Å². The van der Waals surface area contributed by atoms with Crippen molar-refractivity contribution in [3.63, 3.8) is 0 Å². The molecule has 2 aliphatic rings. The highest BCUT2D eigenvalue weighted by molar-refractivity contribution is 6.34. The first-order chi connectivity index (χ1) is 11.6. The van der Waals surface area contributed by atoms with Crippen LogP contribution in [0.5, 0.6) is 0 Å². The summed E-state index contributed by atoms with van der Waals surface area (Å²) in [7, 11) is 0. The SMILES string of the molecule is O=C(C(=O)N1CCN(Cc2ccccc2F)CC1)N1CCOCC1. The van der Waals surface area contributed by atoms with Gasteiger partial charge in [-0.3, -0.25) is 14.5 Å². The van der Waals surface area contributed by atoms with E-state index in [1.54, 1.807) is 21.9 Å². The highest BCUT2D eigenvalue weighted by Gasteiger charge is 2.30. The molecule has 0 aromatic heterocycles. The van der Waals surface area contributed by atoms with Crippen molar-refractivity contribution in [2.24, 2.45) is 0 Å².